The molecule has 0 aliphatic rings. The first-order valence-corrected chi connectivity index (χ1v) is 9.12. The normalized spacial score (nSPS) is 10.0. The minimum Gasteiger partial charge on any atom is -1.00 e. The van der Waals surface area contributed by atoms with E-state index in [1.165, 1.54) is 0 Å². The van der Waals surface area contributed by atoms with E-state index in [2.05, 4.69) is 16.4 Å². The van der Waals surface area contributed by atoms with E-state index in [9.17, 15) is 14.4 Å². The van der Waals surface area contributed by atoms with Crippen LogP contribution < -0.4 is 38.1 Å². The molecule has 2 amide bonds. The Balaban J connectivity index is 0.00000676. The van der Waals surface area contributed by atoms with Gasteiger partial charge in [0.25, 0.3) is 5.91 Å². The Morgan fingerprint density at radius 3 is 1.74 bits per heavy atom. The highest BCUT2D eigenvalue weighted by atomic mass is 79.9. The fraction of sp³-hybridized carbons (Fsp3) is 0.357. The van der Waals surface area contributed by atoms with Crippen molar-refractivity contribution in [2.75, 3.05) is 19.6 Å². The smallest absolute Gasteiger partial charge is 0.313 e. The second-order valence-corrected chi connectivity index (χ2v) is 6.71. The molecule has 1 rings (SSSR count). The van der Waals surface area contributed by atoms with Crippen LogP contribution in [0.1, 0.15) is 12.8 Å². The topological polar surface area (TPSA) is 112 Å². The first-order valence-electron chi connectivity index (χ1n) is 7.23. The summed E-state index contributed by atoms with van der Waals surface area (Å²) >= 11 is 29.5. The molecule has 0 unspecified atom stereocenters. The second-order valence-electron chi connectivity index (χ2n) is 4.82. The standard InChI is InChI=1S/C14H14Cl5N3O4.BrH/c15-9-10(16)12(18)14(13(19)11(9)17)26-8(25)2-4-21-6(23)1-3-22-7(24)5-20;/h1-5,20H2,(H,21,23)(H,22,24);1H. The zero-order chi connectivity index (χ0) is 19.9. The van der Waals surface area contributed by atoms with Gasteiger partial charge in [0, 0.05) is 19.5 Å². The molecular formula is C14H15BrCl5N3O4. The van der Waals surface area contributed by atoms with Crippen LogP contribution in [0.15, 0.2) is 0 Å². The number of rotatable bonds is 8. The Morgan fingerprint density at radius 2 is 1.22 bits per heavy atom. The van der Waals surface area contributed by atoms with Crippen LogP contribution >= 0.6 is 58.0 Å². The maximum atomic E-state index is 11.9. The number of carbonyl (C=O) groups is 3. The number of carbonyl (C=O) groups excluding carboxylic acids is 3. The number of hydrogen-bond acceptors (Lipinski definition) is 4. The molecule has 0 bridgehead atoms. The zero-order valence-corrected chi connectivity index (χ0v) is 19.0. The number of nitrogens with one attached hydrogen (secondary N) is 2. The Labute approximate surface area is 190 Å². The van der Waals surface area contributed by atoms with Crippen molar-refractivity contribution in [3.63, 3.8) is 0 Å². The zero-order valence-electron chi connectivity index (χ0n) is 13.6. The molecule has 0 fully saturated rings. The fourth-order valence-electron chi connectivity index (χ4n) is 1.64. The third-order valence-electron chi connectivity index (χ3n) is 2.94. The summed E-state index contributed by atoms with van der Waals surface area (Å²) in [6.45, 7) is 0.292. The molecule has 13 heteroatoms. The number of hydrogen-bond donors (Lipinski definition) is 3. The largest absolute Gasteiger partial charge is 1.00 e. The fourth-order valence-corrected chi connectivity index (χ4v) is 2.83. The molecule has 0 atom stereocenters. The van der Waals surface area contributed by atoms with Crippen LogP contribution in [0.4, 0.5) is 0 Å². The van der Waals surface area contributed by atoms with Crippen LogP contribution in [0.5, 0.6) is 5.75 Å². The van der Waals surface area contributed by atoms with E-state index >= 15 is 0 Å². The van der Waals surface area contributed by atoms with Crippen molar-refractivity contribution >= 4 is 75.8 Å². The van der Waals surface area contributed by atoms with Crippen LogP contribution in [-0.4, -0.2) is 37.4 Å². The summed E-state index contributed by atoms with van der Waals surface area (Å²) in [6, 6.07) is 0. The molecule has 152 valence electrons. The van der Waals surface area contributed by atoms with E-state index in [1.807, 2.05) is 0 Å². The number of quaternary nitrogens is 1. The van der Waals surface area contributed by atoms with E-state index in [1.54, 1.807) is 0 Å². The predicted octanol–water partition coefficient (Wildman–Crippen LogP) is -0.882. The molecular weight excluding hydrogens is 531 g/mol. The second kappa shape index (κ2) is 12.9. The van der Waals surface area contributed by atoms with Gasteiger partial charge >= 0.3 is 5.97 Å². The van der Waals surface area contributed by atoms with E-state index in [-0.39, 0.29) is 92.1 Å². The lowest BCUT2D eigenvalue weighted by molar-refractivity contribution is -0.355. The van der Waals surface area contributed by atoms with Crippen LogP contribution in [0.3, 0.4) is 0 Å². The number of amides is 2. The number of ether oxygens (including phenoxy) is 1. The molecule has 5 N–H and O–H groups in total. The van der Waals surface area contributed by atoms with Crippen molar-refractivity contribution < 1.29 is 41.8 Å². The third kappa shape index (κ3) is 8.19. The van der Waals surface area contributed by atoms with Gasteiger partial charge in [-0.1, -0.05) is 58.0 Å². The summed E-state index contributed by atoms with van der Waals surface area (Å²) in [4.78, 5) is 34.4. The van der Waals surface area contributed by atoms with Crippen LogP contribution in [0.2, 0.25) is 25.1 Å². The van der Waals surface area contributed by atoms with Gasteiger partial charge in [0.15, 0.2) is 12.3 Å². The quantitative estimate of drug-likeness (QED) is 0.170. The molecule has 0 heterocycles. The number of benzene rings is 1. The van der Waals surface area contributed by atoms with Gasteiger partial charge < -0.3 is 38.1 Å². The third-order valence-corrected chi connectivity index (χ3v) is 5.18. The number of esters is 1. The summed E-state index contributed by atoms with van der Waals surface area (Å²) < 4.78 is 5.06. The Bertz CT molecular complexity index is 691. The average molecular weight is 546 g/mol. The monoisotopic (exact) mass is 543 g/mol. The molecule has 0 aromatic heterocycles. The van der Waals surface area contributed by atoms with E-state index in [0.717, 1.165) is 0 Å². The highest BCUT2D eigenvalue weighted by molar-refractivity contribution is 6.55. The van der Waals surface area contributed by atoms with E-state index in [4.69, 9.17) is 62.7 Å². The van der Waals surface area contributed by atoms with E-state index in [0.29, 0.717) is 0 Å². The van der Waals surface area contributed by atoms with Crippen molar-refractivity contribution in [2.24, 2.45) is 0 Å². The Hall–Kier alpha value is -0.480. The molecule has 1 aromatic carbocycles. The van der Waals surface area contributed by atoms with Crippen molar-refractivity contribution in [1.29, 1.82) is 0 Å². The lowest BCUT2D eigenvalue weighted by atomic mass is 10.3. The van der Waals surface area contributed by atoms with Crippen molar-refractivity contribution in [3.05, 3.63) is 25.1 Å². The van der Waals surface area contributed by atoms with Gasteiger partial charge in [-0.25, -0.2) is 0 Å². The number of halogens is 6. The maximum Gasteiger partial charge on any atom is 0.313 e. The molecule has 27 heavy (non-hydrogen) atoms. The van der Waals surface area contributed by atoms with Crippen molar-refractivity contribution in [1.82, 2.24) is 10.6 Å². The SMILES string of the molecule is [Br-].[NH3+]CC(=O)NCCC(=O)NCCC(=O)Oc1c(Cl)c(Cl)c(Cl)c(Cl)c1Cl. The van der Waals surface area contributed by atoms with Crippen molar-refractivity contribution in [2.45, 2.75) is 12.8 Å². The molecule has 0 spiro atoms. The maximum absolute atomic E-state index is 11.9. The molecule has 1 aromatic rings. The van der Waals surface area contributed by atoms with Gasteiger partial charge in [-0.05, 0) is 0 Å². The Kier molecular flexibility index (Phi) is 12.6. The minimum absolute atomic E-state index is 0. The van der Waals surface area contributed by atoms with Crippen LogP contribution in [0, 0.1) is 0 Å². The highest BCUT2D eigenvalue weighted by Gasteiger charge is 2.22. The molecule has 0 radical (unpaired) electrons. The molecule has 7 nitrogen and oxygen atoms in total. The van der Waals surface area contributed by atoms with Crippen LogP contribution in [-0.2, 0) is 14.4 Å². The summed E-state index contributed by atoms with van der Waals surface area (Å²) in [5.41, 5.74) is 3.41. The first kappa shape index (κ1) is 26.5. The summed E-state index contributed by atoms with van der Waals surface area (Å²) in [5, 5.41) is 4.47. The summed E-state index contributed by atoms with van der Waals surface area (Å²) in [5.74, 6) is -1.51. The average Bonchev–Trinajstić information content (AvgIpc) is 2.61. The van der Waals surface area contributed by atoms with Gasteiger partial charge in [-0.3, -0.25) is 14.4 Å². The van der Waals surface area contributed by atoms with Gasteiger partial charge in [-0.2, -0.15) is 0 Å². The van der Waals surface area contributed by atoms with E-state index < -0.39 is 5.97 Å². The van der Waals surface area contributed by atoms with Gasteiger partial charge in [0.1, 0.15) is 10.0 Å². The molecule has 0 saturated heterocycles. The predicted molar refractivity (Wildman–Crippen MR) is 100 cm³/mol. The van der Waals surface area contributed by atoms with Crippen molar-refractivity contribution in [3.8, 4) is 5.75 Å². The van der Waals surface area contributed by atoms with Gasteiger partial charge in [0.2, 0.25) is 5.91 Å². The lowest BCUT2D eigenvalue weighted by Gasteiger charge is -2.12. The first-order chi connectivity index (χ1) is 12.2. The highest BCUT2D eigenvalue weighted by Crippen LogP contribution is 2.48. The Morgan fingerprint density at radius 1 is 0.778 bits per heavy atom. The van der Waals surface area contributed by atoms with Crippen LogP contribution in [0.25, 0.3) is 0 Å². The summed E-state index contributed by atoms with van der Waals surface area (Å²) in [6.07, 6.45) is -0.0810. The minimum atomic E-state index is -0.714. The molecule has 0 saturated carbocycles. The van der Waals surface area contributed by atoms with Gasteiger partial charge in [-0.15, -0.1) is 0 Å². The van der Waals surface area contributed by atoms with Gasteiger partial charge in [0.05, 0.1) is 21.5 Å². The molecule has 0 aliphatic carbocycles. The molecule has 0 aliphatic heterocycles. The lowest BCUT2D eigenvalue weighted by Crippen LogP contribution is -3.00. The summed E-state index contributed by atoms with van der Waals surface area (Å²) in [7, 11) is 0.